The molecule has 1 amide bonds. The van der Waals surface area contributed by atoms with Gasteiger partial charge in [-0.25, -0.2) is 9.18 Å². The lowest BCUT2D eigenvalue weighted by atomic mass is 10.1. The molecule has 0 saturated heterocycles. The van der Waals surface area contributed by atoms with Crippen LogP contribution in [-0.2, 0) is 9.59 Å². The van der Waals surface area contributed by atoms with E-state index < -0.39 is 36.6 Å². The summed E-state index contributed by atoms with van der Waals surface area (Å²) in [5.74, 6) is -3.86. The summed E-state index contributed by atoms with van der Waals surface area (Å²) < 4.78 is 58.3. The molecule has 0 radical (unpaired) electrons. The van der Waals surface area contributed by atoms with Crippen molar-refractivity contribution in [3.05, 3.63) is 34.1 Å². The number of nitrogens with one attached hydrogen (secondary N) is 1. The van der Waals surface area contributed by atoms with E-state index in [1.165, 1.54) is 25.1 Å². The lowest BCUT2D eigenvalue weighted by molar-refractivity contribution is -0.149. The van der Waals surface area contributed by atoms with Gasteiger partial charge in [-0.05, 0) is 24.6 Å². The van der Waals surface area contributed by atoms with E-state index in [1.807, 2.05) is 0 Å². The van der Waals surface area contributed by atoms with E-state index in [0.29, 0.717) is 10.0 Å². The second-order valence-corrected chi connectivity index (χ2v) is 4.69. The maximum Gasteiger partial charge on any atom is 0.371 e. The molecule has 0 saturated carbocycles. The van der Waals surface area contributed by atoms with Crippen molar-refractivity contribution >= 4 is 27.8 Å². The van der Waals surface area contributed by atoms with Crippen LogP contribution in [0.25, 0.3) is 0 Å². The summed E-state index contributed by atoms with van der Waals surface area (Å²) in [6.07, 6.45) is -6.29. The van der Waals surface area contributed by atoms with Gasteiger partial charge >= 0.3 is 18.8 Å². The second-order valence-electron chi connectivity index (χ2n) is 3.84. The fraction of sp³-hybridized carbons (Fsp3) is 0.333. The molecule has 124 valence electrons. The molecule has 1 atom stereocenters. The van der Waals surface area contributed by atoms with Gasteiger partial charge in [-0.1, -0.05) is 22.0 Å². The predicted molar refractivity (Wildman–Crippen MR) is 70.3 cm³/mol. The molecular formula is C12H11BrF5NO3. The van der Waals surface area contributed by atoms with Gasteiger partial charge in [0.1, 0.15) is 5.82 Å². The van der Waals surface area contributed by atoms with Gasteiger partial charge in [0.05, 0.1) is 6.04 Å². The number of alkyl halides is 4. The van der Waals surface area contributed by atoms with Crippen LogP contribution in [0.5, 0.6) is 0 Å². The molecule has 22 heavy (non-hydrogen) atoms. The number of carboxylic acid groups (broad SMARTS) is 1. The van der Waals surface area contributed by atoms with Crippen LogP contribution in [0.4, 0.5) is 22.0 Å². The van der Waals surface area contributed by atoms with E-state index in [2.05, 4.69) is 21.2 Å². The molecule has 2 N–H and O–H groups in total. The van der Waals surface area contributed by atoms with Gasteiger partial charge in [0.15, 0.2) is 0 Å². The normalized spacial score (nSPS) is 11.7. The molecule has 1 unspecified atom stereocenters. The van der Waals surface area contributed by atoms with Crippen molar-refractivity contribution in [3.63, 3.8) is 0 Å². The number of aliphatic carboxylic acids is 1. The Bertz CT molecular complexity index is 527. The summed E-state index contributed by atoms with van der Waals surface area (Å²) in [5.41, 5.74) is 0.537. The van der Waals surface area contributed by atoms with Crippen LogP contribution in [0.2, 0.25) is 0 Å². The molecule has 10 heteroatoms. The van der Waals surface area contributed by atoms with Gasteiger partial charge in [-0.2, -0.15) is 17.6 Å². The van der Waals surface area contributed by atoms with Crippen LogP contribution in [-0.4, -0.2) is 29.8 Å². The van der Waals surface area contributed by atoms with Crippen LogP contribution >= 0.6 is 15.9 Å². The summed E-state index contributed by atoms with van der Waals surface area (Å²) in [5, 5.41) is 9.36. The molecule has 0 aliphatic heterocycles. The highest BCUT2D eigenvalue weighted by atomic mass is 79.9. The van der Waals surface area contributed by atoms with Crippen molar-refractivity contribution in [2.24, 2.45) is 0 Å². The quantitative estimate of drug-likeness (QED) is 0.773. The van der Waals surface area contributed by atoms with Crippen molar-refractivity contribution in [1.29, 1.82) is 0 Å². The zero-order valence-electron chi connectivity index (χ0n) is 11.0. The lowest BCUT2D eigenvalue weighted by Gasteiger charge is -2.15. The lowest BCUT2D eigenvalue weighted by Crippen LogP contribution is -2.32. The van der Waals surface area contributed by atoms with Crippen LogP contribution < -0.4 is 5.32 Å². The van der Waals surface area contributed by atoms with Crippen molar-refractivity contribution in [3.8, 4) is 0 Å². The minimum Gasteiger partial charge on any atom is -0.477 e. The van der Waals surface area contributed by atoms with Crippen LogP contribution in [0, 0.1) is 5.82 Å². The molecule has 0 heterocycles. The predicted octanol–water partition coefficient (Wildman–Crippen LogP) is 3.37. The topological polar surface area (TPSA) is 66.4 Å². The van der Waals surface area contributed by atoms with E-state index >= 15 is 0 Å². The summed E-state index contributed by atoms with van der Waals surface area (Å²) >= 11 is 3.10. The molecule has 1 aromatic carbocycles. The molecule has 0 aliphatic rings. The number of carbonyl (C=O) groups excluding carboxylic acids is 1. The van der Waals surface area contributed by atoms with E-state index in [-0.39, 0.29) is 0 Å². The van der Waals surface area contributed by atoms with Crippen LogP contribution in [0.1, 0.15) is 18.5 Å². The number of hydrogen-bond acceptors (Lipinski definition) is 2. The number of amides is 1. The third-order valence-electron chi connectivity index (χ3n) is 2.17. The maximum absolute atomic E-state index is 12.8. The molecule has 1 rings (SSSR count). The fourth-order valence-corrected chi connectivity index (χ4v) is 1.90. The highest BCUT2D eigenvalue weighted by Crippen LogP contribution is 2.24. The first-order chi connectivity index (χ1) is 10.1. The maximum atomic E-state index is 12.8. The Labute approximate surface area is 130 Å². The minimum atomic E-state index is -3.23. The highest BCUT2D eigenvalue weighted by Gasteiger charge is 2.19. The van der Waals surface area contributed by atoms with Crippen LogP contribution in [0.15, 0.2) is 22.7 Å². The molecule has 1 aromatic rings. The molecule has 0 aliphatic carbocycles. The number of benzene rings is 1. The first kappa shape index (κ1) is 20.3. The average molecular weight is 392 g/mol. The Hall–Kier alpha value is -1.71. The molecule has 4 nitrogen and oxygen atoms in total. The molecule has 0 fully saturated rings. The summed E-state index contributed by atoms with van der Waals surface area (Å²) in [6, 6.07) is 3.22. The van der Waals surface area contributed by atoms with Crippen molar-refractivity contribution in [1.82, 2.24) is 5.32 Å². The van der Waals surface area contributed by atoms with Gasteiger partial charge in [-0.15, -0.1) is 0 Å². The van der Waals surface area contributed by atoms with Gasteiger partial charge in [-0.3, -0.25) is 4.79 Å². The third-order valence-corrected chi connectivity index (χ3v) is 2.86. The molecule has 0 bridgehead atoms. The van der Waals surface area contributed by atoms with Crippen molar-refractivity contribution in [2.45, 2.75) is 25.8 Å². The smallest absolute Gasteiger partial charge is 0.371 e. The third kappa shape index (κ3) is 7.34. The van der Waals surface area contributed by atoms with Gasteiger partial charge < -0.3 is 10.4 Å². The molecule has 0 aromatic heterocycles. The number of carboxylic acids is 1. The number of hydrogen-bond donors (Lipinski definition) is 2. The summed E-state index contributed by atoms with van der Waals surface area (Å²) in [4.78, 5) is 19.7. The summed E-state index contributed by atoms with van der Waals surface area (Å²) in [7, 11) is 0. The first-order valence-corrected chi connectivity index (χ1v) is 6.40. The monoisotopic (exact) mass is 391 g/mol. The Morgan fingerprint density at radius 3 is 2.05 bits per heavy atom. The summed E-state index contributed by atoms with van der Waals surface area (Å²) in [6.45, 7) is 1.54. The largest absolute Gasteiger partial charge is 0.477 e. The standard InChI is InChI=1S/C10H9BrF3NO.C2H2F2O2/c1-5(15-10(16)9(13)14)7-3-2-6(12)4-8(7)11;3-1(4)2(5)6/h2-5,9H,1H3,(H,15,16);1H,(H,5,6). The van der Waals surface area contributed by atoms with Gasteiger partial charge in [0.2, 0.25) is 0 Å². The average Bonchev–Trinajstić information content (AvgIpc) is 2.38. The van der Waals surface area contributed by atoms with E-state index in [1.54, 1.807) is 0 Å². The van der Waals surface area contributed by atoms with E-state index in [0.717, 1.165) is 0 Å². The van der Waals surface area contributed by atoms with Gasteiger partial charge in [0, 0.05) is 4.47 Å². The number of halogens is 6. The van der Waals surface area contributed by atoms with Crippen molar-refractivity contribution < 1.29 is 36.6 Å². The molecule has 0 spiro atoms. The van der Waals surface area contributed by atoms with Crippen molar-refractivity contribution in [2.75, 3.05) is 0 Å². The number of rotatable bonds is 4. The van der Waals surface area contributed by atoms with E-state index in [9.17, 15) is 26.7 Å². The van der Waals surface area contributed by atoms with Gasteiger partial charge in [0.25, 0.3) is 5.91 Å². The Kier molecular flexibility index (Phi) is 8.61. The van der Waals surface area contributed by atoms with E-state index in [4.69, 9.17) is 9.90 Å². The Balaban J connectivity index is 0.000000626. The fourth-order valence-electron chi connectivity index (χ4n) is 1.21. The second kappa shape index (κ2) is 9.34. The minimum absolute atomic E-state index is 0.426. The zero-order chi connectivity index (χ0) is 17.4. The van der Waals surface area contributed by atoms with Crippen LogP contribution in [0.3, 0.4) is 0 Å². The first-order valence-electron chi connectivity index (χ1n) is 5.60. The Morgan fingerprint density at radius 1 is 1.18 bits per heavy atom. The highest BCUT2D eigenvalue weighted by molar-refractivity contribution is 9.10. The Morgan fingerprint density at radius 2 is 1.68 bits per heavy atom. The molecular weight excluding hydrogens is 381 g/mol. The number of carbonyl (C=O) groups is 2. The SMILES string of the molecule is CC(NC(=O)C(F)F)c1ccc(F)cc1Br.O=C(O)C(F)F. The zero-order valence-corrected chi connectivity index (χ0v) is 12.6.